The molecule has 0 spiro atoms. The average molecular weight is 254 g/mol. The van der Waals surface area contributed by atoms with Gasteiger partial charge in [0.1, 0.15) is 17.5 Å². The smallest absolute Gasteiger partial charge is 0.132 e. The van der Waals surface area contributed by atoms with E-state index in [1.807, 2.05) is 6.92 Å². The molecule has 4 N–H and O–H groups in total. The van der Waals surface area contributed by atoms with Crippen molar-refractivity contribution < 1.29 is 10.2 Å². The maximum absolute atomic E-state index is 9.04. The molecular weight excluding hydrogens is 232 g/mol. The summed E-state index contributed by atoms with van der Waals surface area (Å²) in [4.78, 5) is 8.67. The summed E-state index contributed by atoms with van der Waals surface area (Å²) in [7, 11) is 0. The molecule has 1 aromatic rings. The minimum Gasteiger partial charge on any atom is -0.394 e. The maximum atomic E-state index is 9.04. The predicted molar refractivity (Wildman–Crippen MR) is 71.8 cm³/mol. The van der Waals surface area contributed by atoms with Gasteiger partial charge in [-0.25, -0.2) is 9.97 Å². The highest BCUT2D eigenvalue weighted by molar-refractivity contribution is 5.48. The number of aliphatic hydroxyl groups is 2. The van der Waals surface area contributed by atoms with E-state index in [1.54, 1.807) is 6.07 Å². The molecule has 0 bridgehead atoms. The zero-order valence-electron chi connectivity index (χ0n) is 11.0. The molecule has 0 amide bonds. The van der Waals surface area contributed by atoms with Crippen LogP contribution in [-0.2, 0) is 6.42 Å². The van der Waals surface area contributed by atoms with Gasteiger partial charge in [-0.3, -0.25) is 0 Å². The lowest BCUT2D eigenvalue weighted by atomic mass is 10.3. The van der Waals surface area contributed by atoms with E-state index in [-0.39, 0.29) is 13.2 Å². The van der Waals surface area contributed by atoms with Crippen LogP contribution < -0.4 is 10.6 Å². The molecule has 0 saturated heterocycles. The number of anilines is 2. The number of aromatic nitrogens is 2. The summed E-state index contributed by atoms with van der Waals surface area (Å²) in [5.41, 5.74) is 0. The first-order chi connectivity index (χ1) is 8.73. The fourth-order valence-electron chi connectivity index (χ4n) is 1.43. The van der Waals surface area contributed by atoms with Crippen molar-refractivity contribution in [2.45, 2.75) is 32.7 Å². The Bertz CT molecular complexity index is 356. The molecule has 0 aromatic carbocycles. The van der Waals surface area contributed by atoms with E-state index in [4.69, 9.17) is 10.2 Å². The summed E-state index contributed by atoms with van der Waals surface area (Å²) < 4.78 is 0. The third-order valence-electron chi connectivity index (χ3n) is 2.44. The Balaban J connectivity index is 2.82. The van der Waals surface area contributed by atoms with Crippen LogP contribution in [-0.4, -0.2) is 46.0 Å². The first-order valence-corrected chi connectivity index (χ1v) is 6.33. The number of hydrogen-bond donors (Lipinski definition) is 4. The Kier molecular flexibility index (Phi) is 6.38. The van der Waals surface area contributed by atoms with E-state index in [9.17, 15) is 0 Å². The van der Waals surface area contributed by atoms with Gasteiger partial charge < -0.3 is 20.8 Å². The van der Waals surface area contributed by atoms with Gasteiger partial charge >= 0.3 is 0 Å². The van der Waals surface area contributed by atoms with Crippen LogP contribution in [0.4, 0.5) is 11.6 Å². The van der Waals surface area contributed by atoms with Crippen molar-refractivity contribution >= 4 is 11.6 Å². The summed E-state index contributed by atoms with van der Waals surface area (Å²) in [6.45, 7) is 4.64. The predicted octanol–water partition coefficient (Wildman–Crippen LogP) is 0.626. The van der Waals surface area contributed by atoms with E-state index in [0.29, 0.717) is 5.82 Å². The Morgan fingerprint density at radius 1 is 1.17 bits per heavy atom. The van der Waals surface area contributed by atoms with Crippen molar-refractivity contribution in [3.8, 4) is 0 Å². The van der Waals surface area contributed by atoms with Crippen molar-refractivity contribution in [3.63, 3.8) is 0 Å². The molecule has 0 aliphatic heterocycles. The van der Waals surface area contributed by atoms with Crippen molar-refractivity contribution in [2.75, 3.05) is 30.4 Å². The van der Waals surface area contributed by atoms with Crippen molar-refractivity contribution in [1.82, 2.24) is 9.97 Å². The van der Waals surface area contributed by atoms with Crippen LogP contribution in [0, 0.1) is 0 Å². The molecule has 0 unspecified atom stereocenters. The summed E-state index contributed by atoms with van der Waals surface area (Å²) in [6.07, 6.45) is 1.75. The quantitative estimate of drug-likeness (QED) is 0.544. The molecular formula is C12H22N4O2. The lowest BCUT2D eigenvalue weighted by Gasteiger charge is -2.15. The van der Waals surface area contributed by atoms with Gasteiger partial charge in [0.2, 0.25) is 0 Å². The van der Waals surface area contributed by atoms with Gasteiger partial charge in [0.15, 0.2) is 0 Å². The molecule has 6 nitrogen and oxygen atoms in total. The lowest BCUT2D eigenvalue weighted by molar-refractivity contribution is 0.203. The molecule has 0 atom stereocenters. The third-order valence-corrected chi connectivity index (χ3v) is 2.44. The Morgan fingerprint density at radius 2 is 1.83 bits per heavy atom. The molecule has 0 aliphatic carbocycles. The summed E-state index contributed by atoms with van der Waals surface area (Å²) in [6, 6.07) is 1.39. The fourth-order valence-corrected chi connectivity index (χ4v) is 1.43. The van der Waals surface area contributed by atoms with Crippen LogP contribution in [0.15, 0.2) is 6.07 Å². The van der Waals surface area contributed by atoms with Crippen LogP contribution >= 0.6 is 0 Å². The van der Waals surface area contributed by atoms with Crippen LogP contribution in [0.1, 0.15) is 26.1 Å². The topological polar surface area (TPSA) is 90.3 Å². The lowest BCUT2D eigenvalue weighted by Crippen LogP contribution is -2.28. The highest BCUT2D eigenvalue weighted by atomic mass is 16.3. The minimum atomic E-state index is -0.399. The second-order valence-corrected chi connectivity index (χ2v) is 4.04. The molecule has 0 aliphatic rings. The van der Waals surface area contributed by atoms with Crippen LogP contribution in [0.2, 0.25) is 0 Å². The molecule has 1 heterocycles. The Morgan fingerprint density at radius 3 is 2.39 bits per heavy atom. The summed E-state index contributed by atoms with van der Waals surface area (Å²) in [5.74, 6) is 2.11. The molecule has 0 fully saturated rings. The number of aryl methyl sites for hydroxylation is 1. The van der Waals surface area contributed by atoms with E-state index in [0.717, 1.165) is 31.0 Å². The third kappa shape index (κ3) is 4.46. The Hall–Kier alpha value is -1.40. The second kappa shape index (κ2) is 7.84. The maximum Gasteiger partial charge on any atom is 0.132 e. The monoisotopic (exact) mass is 254 g/mol. The van der Waals surface area contributed by atoms with Crippen molar-refractivity contribution in [1.29, 1.82) is 0 Å². The zero-order chi connectivity index (χ0) is 13.4. The van der Waals surface area contributed by atoms with E-state index >= 15 is 0 Å². The summed E-state index contributed by atoms with van der Waals surface area (Å²) in [5, 5.41) is 24.3. The van der Waals surface area contributed by atoms with Crippen molar-refractivity contribution in [2.24, 2.45) is 0 Å². The first-order valence-electron chi connectivity index (χ1n) is 6.33. The van der Waals surface area contributed by atoms with Crippen molar-refractivity contribution in [3.05, 3.63) is 11.9 Å². The number of nitrogens with zero attached hydrogens (tertiary/aromatic N) is 2. The molecule has 6 heteroatoms. The first kappa shape index (κ1) is 14.7. The van der Waals surface area contributed by atoms with Gasteiger partial charge in [0.25, 0.3) is 0 Å². The number of rotatable bonds is 8. The van der Waals surface area contributed by atoms with Gasteiger partial charge in [0, 0.05) is 19.0 Å². The molecule has 18 heavy (non-hydrogen) atoms. The minimum absolute atomic E-state index is 0.139. The standard InChI is InChI=1S/C12H22N4O2/c1-3-5-13-11-6-12(14-9(7-17)8-18)16-10(4-2)15-11/h6,9,17-18H,3-5,7-8H2,1-2H3,(H2,13,14,15,16). The second-order valence-electron chi connectivity index (χ2n) is 4.04. The molecule has 1 rings (SSSR count). The van der Waals surface area contributed by atoms with E-state index in [1.165, 1.54) is 0 Å². The molecule has 0 saturated carbocycles. The van der Waals surface area contributed by atoms with Gasteiger partial charge in [0.05, 0.1) is 19.3 Å². The summed E-state index contributed by atoms with van der Waals surface area (Å²) >= 11 is 0. The number of aliphatic hydroxyl groups excluding tert-OH is 2. The molecule has 0 radical (unpaired) electrons. The van der Waals surface area contributed by atoms with Gasteiger partial charge in [-0.2, -0.15) is 0 Å². The average Bonchev–Trinajstić information content (AvgIpc) is 2.42. The van der Waals surface area contributed by atoms with Crippen LogP contribution in [0.25, 0.3) is 0 Å². The number of nitrogens with one attached hydrogen (secondary N) is 2. The van der Waals surface area contributed by atoms with Crippen LogP contribution in [0.5, 0.6) is 0 Å². The Labute approximate surface area is 107 Å². The van der Waals surface area contributed by atoms with Gasteiger partial charge in [-0.05, 0) is 6.42 Å². The fraction of sp³-hybridized carbons (Fsp3) is 0.667. The zero-order valence-corrected chi connectivity index (χ0v) is 11.0. The highest BCUT2D eigenvalue weighted by Crippen LogP contribution is 2.12. The van der Waals surface area contributed by atoms with Gasteiger partial charge in [-0.1, -0.05) is 13.8 Å². The highest BCUT2D eigenvalue weighted by Gasteiger charge is 2.08. The largest absolute Gasteiger partial charge is 0.394 e. The van der Waals surface area contributed by atoms with Gasteiger partial charge in [-0.15, -0.1) is 0 Å². The van der Waals surface area contributed by atoms with E-state index in [2.05, 4.69) is 27.5 Å². The molecule has 1 aromatic heterocycles. The number of hydrogen-bond acceptors (Lipinski definition) is 6. The van der Waals surface area contributed by atoms with Crippen LogP contribution in [0.3, 0.4) is 0 Å². The normalized spacial score (nSPS) is 10.7. The SMILES string of the molecule is CCCNc1cc(NC(CO)CO)nc(CC)n1. The molecule has 102 valence electrons. The van der Waals surface area contributed by atoms with E-state index < -0.39 is 6.04 Å².